The first-order valence-electron chi connectivity index (χ1n) is 16.5. The molecule has 6 nitrogen and oxygen atoms in total. The van der Waals surface area contributed by atoms with Gasteiger partial charge in [0.15, 0.2) is 5.78 Å². The molecular weight excluding hydrogens is 666 g/mol. The number of halogens is 1. The van der Waals surface area contributed by atoms with Crippen LogP contribution in [0.4, 0.5) is 5.69 Å². The predicted molar refractivity (Wildman–Crippen MR) is 203 cm³/mol. The van der Waals surface area contributed by atoms with Gasteiger partial charge >= 0.3 is 10.6 Å². The summed E-state index contributed by atoms with van der Waals surface area (Å²) in [6.45, 7) is 10.6. The van der Waals surface area contributed by atoms with Gasteiger partial charge in [0.05, 0.1) is 5.92 Å². The van der Waals surface area contributed by atoms with Crippen LogP contribution in [-0.4, -0.2) is 24.3 Å². The van der Waals surface area contributed by atoms with E-state index in [0.717, 1.165) is 56.1 Å². The molecular formula is C42H42ClNO5S. The summed E-state index contributed by atoms with van der Waals surface area (Å²) in [4.78, 5) is 26.3. The summed E-state index contributed by atoms with van der Waals surface area (Å²) < 4.78 is 25.3. The van der Waals surface area contributed by atoms with E-state index in [1.54, 1.807) is 0 Å². The Labute approximate surface area is 301 Å². The third-order valence-electron chi connectivity index (χ3n) is 8.55. The second-order valence-electron chi connectivity index (χ2n) is 13.3. The fourth-order valence-corrected chi connectivity index (χ4v) is 5.78. The van der Waals surface area contributed by atoms with Crippen LogP contribution in [0.2, 0.25) is 5.02 Å². The summed E-state index contributed by atoms with van der Waals surface area (Å²) in [5.41, 5.74) is 10.2. The lowest BCUT2D eigenvalue weighted by Crippen LogP contribution is -2.23. The summed E-state index contributed by atoms with van der Waals surface area (Å²) in [5, 5.41) is 3.90. The number of hydrogen-bond acceptors (Lipinski definition) is 5. The summed E-state index contributed by atoms with van der Waals surface area (Å²) in [6, 6.07) is 38.6. The zero-order valence-corrected chi connectivity index (χ0v) is 30.6. The molecule has 0 spiro atoms. The van der Waals surface area contributed by atoms with Crippen LogP contribution in [0.1, 0.15) is 79.1 Å². The first-order valence-corrected chi connectivity index (χ1v) is 17.9. The summed E-state index contributed by atoms with van der Waals surface area (Å²) in [6.07, 6.45) is 1.86. The van der Waals surface area contributed by atoms with Gasteiger partial charge in [-0.15, -0.1) is 12.6 Å². The number of benzene rings is 5. The van der Waals surface area contributed by atoms with Crippen LogP contribution in [0.25, 0.3) is 22.3 Å². The number of rotatable bonds is 10. The smallest absolute Gasteiger partial charge is 0.326 e. The maximum Gasteiger partial charge on any atom is 0.425 e. The molecule has 0 unspecified atom stereocenters. The molecule has 0 aliphatic carbocycles. The quantitative estimate of drug-likeness (QED) is 0.146. The zero-order valence-electron chi connectivity index (χ0n) is 29.0. The molecule has 0 heterocycles. The van der Waals surface area contributed by atoms with Crippen LogP contribution in [0.3, 0.4) is 0 Å². The molecule has 50 heavy (non-hydrogen) atoms. The average Bonchev–Trinajstić information content (AvgIpc) is 3.08. The second kappa shape index (κ2) is 17.2. The third-order valence-corrected chi connectivity index (χ3v) is 8.97. The van der Waals surface area contributed by atoms with Crippen LogP contribution in [0.5, 0.6) is 0 Å². The van der Waals surface area contributed by atoms with Gasteiger partial charge in [0.1, 0.15) is 0 Å². The molecule has 1 N–H and O–H groups in total. The van der Waals surface area contributed by atoms with Crippen LogP contribution in [0, 0.1) is 6.92 Å². The largest absolute Gasteiger partial charge is 0.425 e. The highest BCUT2D eigenvalue weighted by atomic mass is 35.5. The molecule has 1 amide bonds. The van der Waals surface area contributed by atoms with Crippen LogP contribution < -0.4 is 5.32 Å². The molecule has 0 aromatic heterocycles. The molecule has 0 bridgehead atoms. The van der Waals surface area contributed by atoms with Gasteiger partial charge in [0.25, 0.3) is 0 Å². The molecule has 0 radical (unpaired) electrons. The van der Waals surface area contributed by atoms with E-state index in [0.29, 0.717) is 18.4 Å². The van der Waals surface area contributed by atoms with Crippen molar-refractivity contribution in [2.24, 2.45) is 0 Å². The first kappa shape index (κ1) is 38.0. The van der Waals surface area contributed by atoms with Crippen molar-refractivity contribution in [3.05, 3.63) is 148 Å². The van der Waals surface area contributed by atoms with Gasteiger partial charge in [-0.05, 0) is 94.0 Å². The van der Waals surface area contributed by atoms with Crippen molar-refractivity contribution in [3.63, 3.8) is 0 Å². The van der Waals surface area contributed by atoms with Crippen molar-refractivity contribution >= 4 is 39.6 Å². The number of Topliss-reactive ketones (excluding diaryl/α,β-unsaturated/α-hetero) is 1. The van der Waals surface area contributed by atoms with Crippen LogP contribution >= 0.6 is 11.6 Å². The Hall–Kier alpha value is -4.85. The minimum atomic E-state index is -3.11. The van der Waals surface area contributed by atoms with Gasteiger partial charge in [-0.25, -0.2) is 0 Å². The van der Waals surface area contributed by atoms with Gasteiger partial charge < -0.3 is 5.32 Å². The Balaban J connectivity index is 0.00000133. The summed E-state index contributed by atoms with van der Waals surface area (Å²) in [5.74, 6) is -0.358. The molecule has 0 aliphatic heterocycles. The highest BCUT2D eigenvalue weighted by Crippen LogP contribution is 2.30. The predicted octanol–water partition coefficient (Wildman–Crippen LogP) is 10.2. The number of ketones is 1. The van der Waals surface area contributed by atoms with Gasteiger partial charge in [-0.1, -0.05) is 130 Å². The van der Waals surface area contributed by atoms with E-state index in [9.17, 15) is 9.59 Å². The first-order chi connectivity index (χ1) is 23.7. The van der Waals surface area contributed by atoms with E-state index in [1.165, 1.54) is 5.56 Å². The molecule has 258 valence electrons. The Morgan fingerprint density at radius 3 is 1.74 bits per heavy atom. The summed E-state index contributed by atoms with van der Waals surface area (Å²) >= 11 is 6.22. The van der Waals surface area contributed by atoms with Crippen molar-refractivity contribution in [1.29, 1.82) is 0 Å². The Morgan fingerprint density at radius 2 is 1.22 bits per heavy atom. The lowest BCUT2D eigenvalue weighted by Gasteiger charge is -2.20. The van der Waals surface area contributed by atoms with Crippen LogP contribution in [-0.2, 0) is 27.2 Å². The van der Waals surface area contributed by atoms with Gasteiger partial charge in [0.2, 0.25) is 5.91 Å². The maximum atomic E-state index is 13.9. The fourth-order valence-electron chi connectivity index (χ4n) is 5.67. The summed E-state index contributed by atoms with van der Waals surface area (Å²) in [7, 11) is -3.11. The second-order valence-corrected chi connectivity index (χ2v) is 14.1. The number of carbonyl (C=O) groups excluding carboxylic acids is 2. The van der Waals surface area contributed by atoms with E-state index >= 15 is 0 Å². The molecule has 0 aliphatic rings. The number of carbonyl (C=O) groups is 2. The van der Waals surface area contributed by atoms with Gasteiger partial charge in [0, 0.05) is 22.7 Å². The van der Waals surface area contributed by atoms with E-state index in [-0.39, 0.29) is 17.1 Å². The molecule has 1 atom stereocenters. The molecule has 0 fully saturated rings. The van der Waals surface area contributed by atoms with Gasteiger partial charge in [-0.2, -0.15) is 0 Å². The Kier molecular flexibility index (Phi) is 13.1. The van der Waals surface area contributed by atoms with E-state index in [1.807, 2.05) is 74.5 Å². The number of nitrogens with one attached hydrogen (secondary N) is 1. The number of hydrogen-bond donors (Lipinski definition) is 1. The Bertz CT molecular complexity index is 2030. The van der Waals surface area contributed by atoms with Crippen LogP contribution in [0.15, 0.2) is 115 Å². The lowest BCUT2D eigenvalue weighted by atomic mass is 9.86. The van der Waals surface area contributed by atoms with Crippen molar-refractivity contribution in [2.45, 2.75) is 65.2 Å². The standard InChI is InChI=1S/C42H42ClNO2.O3S/c1-6-7-40(45)34-10-8-29(9-11-34)27-38(33-14-12-30(13-15-33)31-16-21-36(22-17-31)42(3,4)5)41(46)44-37-23-18-32(19-24-37)35-20-25-39(43)28(2)26-35;1-4(2)3/h8-26,38H,6-7,27H2,1-5H3,(H,44,46);/t38-;/m0./s1. The van der Waals surface area contributed by atoms with Crippen molar-refractivity contribution in [1.82, 2.24) is 0 Å². The van der Waals surface area contributed by atoms with Crippen molar-refractivity contribution < 1.29 is 22.2 Å². The molecule has 5 aromatic rings. The topological polar surface area (TPSA) is 97.4 Å². The molecule has 5 rings (SSSR count). The Morgan fingerprint density at radius 1 is 0.720 bits per heavy atom. The SMILES string of the molecule is CCCC(=O)c1ccc(C[C@H](C(=O)Nc2ccc(-c3ccc(Cl)c(C)c3)cc2)c2ccc(-c3ccc(C(C)(C)C)cc3)cc2)cc1.O=S(=O)=O. The number of anilines is 1. The molecule has 8 heteroatoms. The lowest BCUT2D eigenvalue weighted by molar-refractivity contribution is -0.117. The van der Waals surface area contributed by atoms with Crippen molar-refractivity contribution in [2.75, 3.05) is 5.32 Å². The monoisotopic (exact) mass is 707 g/mol. The van der Waals surface area contributed by atoms with E-state index in [2.05, 4.69) is 80.7 Å². The number of aryl methyl sites for hydroxylation is 1. The molecule has 0 saturated heterocycles. The molecule has 5 aromatic carbocycles. The fraction of sp³-hybridized carbons (Fsp3) is 0.238. The zero-order chi connectivity index (χ0) is 36.4. The minimum Gasteiger partial charge on any atom is -0.326 e. The normalized spacial score (nSPS) is 11.6. The van der Waals surface area contributed by atoms with E-state index < -0.39 is 16.5 Å². The average molecular weight is 708 g/mol. The van der Waals surface area contributed by atoms with Gasteiger partial charge in [-0.3, -0.25) is 9.59 Å². The minimum absolute atomic E-state index is 0.0801. The number of amides is 1. The highest BCUT2D eigenvalue weighted by Gasteiger charge is 2.22. The van der Waals surface area contributed by atoms with E-state index in [4.69, 9.17) is 24.2 Å². The third kappa shape index (κ3) is 10.6. The highest BCUT2D eigenvalue weighted by molar-refractivity contribution is 7.59. The van der Waals surface area contributed by atoms with Crippen molar-refractivity contribution in [3.8, 4) is 22.3 Å². The molecule has 0 saturated carbocycles. The maximum absolute atomic E-state index is 13.9.